The quantitative estimate of drug-likeness (QED) is 0.479. The molecule has 134 valence electrons. The van der Waals surface area contributed by atoms with E-state index in [4.69, 9.17) is 14.6 Å². The van der Waals surface area contributed by atoms with E-state index >= 15 is 0 Å². The number of hydrogen-bond donors (Lipinski definition) is 4. The summed E-state index contributed by atoms with van der Waals surface area (Å²) >= 11 is 3.14. The van der Waals surface area contributed by atoms with Crippen molar-refractivity contribution in [1.29, 1.82) is 0 Å². The van der Waals surface area contributed by atoms with Crippen LogP contribution in [-0.2, 0) is 22.7 Å². The van der Waals surface area contributed by atoms with E-state index < -0.39 is 37.3 Å². The molecule has 0 spiro atoms. The highest BCUT2D eigenvalue weighted by Crippen LogP contribution is 2.36. The Bertz CT molecular complexity index is 875. The fraction of sp³-hybridized carbons (Fsp3) is 0.267. The fourth-order valence-corrected chi connectivity index (χ4v) is 2.90. The third kappa shape index (κ3) is 4.35. The van der Waals surface area contributed by atoms with Crippen molar-refractivity contribution in [1.82, 2.24) is 4.90 Å². The summed E-state index contributed by atoms with van der Waals surface area (Å²) < 4.78 is 5.34. The Morgan fingerprint density at radius 1 is 1.16 bits per heavy atom. The molecule has 25 heavy (non-hydrogen) atoms. The number of phenolic OH excluding ortho intramolecular Hbond substituents is 1. The minimum atomic E-state index is -1.25. The lowest BCUT2D eigenvalue weighted by Crippen LogP contribution is -2.34. The summed E-state index contributed by atoms with van der Waals surface area (Å²) in [5.41, 5.74) is -0.504. The first kappa shape index (κ1) is 18.9. The van der Waals surface area contributed by atoms with E-state index in [9.17, 15) is 24.6 Å². The normalized spacial score (nSPS) is 11.2. The molecule has 1 heterocycles. The lowest BCUT2D eigenvalue weighted by atomic mass is 10.0. The maximum absolute atomic E-state index is 11.7. The van der Waals surface area contributed by atoms with E-state index in [0.717, 1.165) is 11.0 Å². The lowest BCUT2D eigenvalue weighted by Gasteiger charge is -2.20. The summed E-state index contributed by atoms with van der Waals surface area (Å²) in [4.78, 5) is 34.6. The number of rotatable bonds is 7. The molecule has 0 unspecified atom stereocenters. The average Bonchev–Trinajstić information content (AvgIpc) is 2.50. The Kier molecular flexibility index (Phi) is 5.77. The zero-order valence-electron chi connectivity index (χ0n) is 12.7. The number of nitrogens with zero attached hydrogens (tertiary/aromatic N) is 1. The Balaban J connectivity index is 2.63. The second kappa shape index (κ2) is 7.64. The van der Waals surface area contributed by atoms with Crippen LogP contribution in [0, 0.1) is 0 Å². The van der Waals surface area contributed by atoms with Gasteiger partial charge in [0, 0.05) is 18.0 Å². The number of aliphatic carboxylic acids is 2. The van der Waals surface area contributed by atoms with Crippen molar-refractivity contribution in [3.05, 3.63) is 38.2 Å². The zero-order chi connectivity index (χ0) is 18.7. The number of carboxylic acids is 2. The molecule has 10 heteroatoms. The van der Waals surface area contributed by atoms with Crippen LogP contribution in [0.15, 0.2) is 25.8 Å². The second-order valence-corrected chi connectivity index (χ2v) is 6.10. The Hall–Kier alpha value is -2.43. The monoisotopic (exact) mass is 415 g/mol. The van der Waals surface area contributed by atoms with Crippen LogP contribution < -0.4 is 5.63 Å². The minimum absolute atomic E-state index is 0.0410. The van der Waals surface area contributed by atoms with Crippen molar-refractivity contribution in [2.45, 2.75) is 13.2 Å². The Morgan fingerprint density at radius 3 is 2.28 bits per heavy atom. The van der Waals surface area contributed by atoms with Gasteiger partial charge in [-0.15, -0.1) is 0 Å². The van der Waals surface area contributed by atoms with Crippen molar-refractivity contribution < 1.29 is 34.4 Å². The molecule has 0 bridgehead atoms. The van der Waals surface area contributed by atoms with Gasteiger partial charge >= 0.3 is 17.6 Å². The van der Waals surface area contributed by atoms with Gasteiger partial charge in [0.2, 0.25) is 0 Å². The highest BCUT2D eigenvalue weighted by molar-refractivity contribution is 9.10. The highest BCUT2D eigenvalue weighted by atomic mass is 79.9. The van der Waals surface area contributed by atoms with E-state index in [1.807, 2.05) is 0 Å². The smallest absolute Gasteiger partial charge is 0.336 e. The van der Waals surface area contributed by atoms with Crippen molar-refractivity contribution >= 4 is 38.8 Å². The molecule has 0 amide bonds. The number of halogens is 1. The Labute approximate surface area is 148 Å². The van der Waals surface area contributed by atoms with Gasteiger partial charge in [-0.2, -0.15) is 0 Å². The van der Waals surface area contributed by atoms with Gasteiger partial charge in [-0.1, -0.05) is 0 Å². The number of carbonyl (C=O) groups is 2. The summed E-state index contributed by atoms with van der Waals surface area (Å²) in [5.74, 6) is -2.82. The van der Waals surface area contributed by atoms with E-state index in [1.165, 1.54) is 6.07 Å². The fourth-order valence-electron chi connectivity index (χ4n) is 2.43. The molecular formula is C15H14BrNO8. The summed E-state index contributed by atoms with van der Waals surface area (Å²) in [6.45, 7) is -1.93. The molecule has 0 aliphatic heterocycles. The van der Waals surface area contributed by atoms with Gasteiger partial charge in [-0.05, 0) is 27.6 Å². The molecule has 2 aromatic rings. The number of aromatic hydroxyl groups is 1. The molecule has 0 atom stereocenters. The summed E-state index contributed by atoms with van der Waals surface area (Å²) in [6.07, 6.45) is 0. The first-order valence-electron chi connectivity index (χ1n) is 6.96. The highest BCUT2D eigenvalue weighted by Gasteiger charge is 2.21. The van der Waals surface area contributed by atoms with E-state index in [0.29, 0.717) is 5.39 Å². The van der Waals surface area contributed by atoms with Crippen molar-refractivity contribution in [3.8, 4) is 5.75 Å². The molecule has 0 aliphatic carbocycles. The molecule has 0 saturated heterocycles. The van der Waals surface area contributed by atoms with Gasteiger partial charge in [-0.3, -0.25) is 14.5 Å². The zero-order valence-corrected chi connectivity index (χ0v) is 14.3. The predicted molar refractivity (Wildman–Crippen MR) is 88.3 cm³/mol. The number of fused-ring (bicyclic) bond motifs is 1. The first-order chi connectivity index (χ1) is 11.7. The topological polar surface area (TPSA) is 149 Å². The van der Waals surface area contributed by atoms with Crippen LogP contribution in [0.25, 0.3) is 11.0 Å². The summed E-state index contributed by atoms with van der Waals surface area (Å²) in [7, 11) is 0. The SMILES string of the molecule is O=C(O)CN(CC(=O)O)Cc1c(O)c(Br)cc2c(CO)cc(=O)oc12. The largest absolute Gasteiger partial charge is 0.506 e. The standard InChI is InChI=1S/C15H14BrNO8/c16-10-2-8-7(6-18)1-13(23)25-15(8)9(14(10)24)3-17(4-11(19)20)5-12(21)22/h1-2,18,24H,3-6H2,(H,19,20)(H,21,22). The number of hydrogen-bond acceptors (Lipinski definition) is 7. The maximum atomic E-state index is 11.7. The van der Waals surface area contributed by atoms with Crippen LogP contribution in [0.1, 0.15) is 11.1 Å². The van der Waals surface area contributed by atoms with Gasteiger partial charge in [0.25, 0.3) is 0 Å². The molecule has 0 saturated carbocycles. The van der Waals surface area contributed by atoms with Crippen LogP contribution in [0.3, 0.4) is 0 Å². The van der Waals surface area contributed by atoms with Crippen LogP contribution in [-0.4, -0.2) is 50.4 Å². The van der Waals surface area contributed by atoms with E-state index in [1.54, 1.807) is 0 Å². The third-order valence-electron chi connectivity index (χ3n) is 3.41. The minimum Gasteiger partial charge on any atom is -0.506 e. The van der Waals surface area contributed by atoms with E-state index in [-0.39, 0.29) is 33.5 Å². The Morgan fingerprint density at radius 2 is 1.76 bits per heavy atom. The van der Waals surface area contributed by atoms with Crippen molar-refractivity contribution in [2.24, 2.45) is 0 Å². The molecule has 2 rings (SSSR count). The number of carboxylic acid groups (broad SMARTS) is 2. The van der Waals surface area contributed by atoms with Gasteiger partial charge in [0.05, 0.1) is 29.7 Å². The van der Waals surface area contributed by atoms with Crippen LogP contribution in [0.5, 0.6) is 5.75 Å². The van der Waals surface area contributed by atoms with Gasteiger partial charge < -0.3 is 24.8 Å². The molecule has 9 nitrogen and oxygen atoms in total. The summed E-state index contributed by atoms with van der Waals surface area (Å²) in [6, 6.07) is 2.54. The van der Waals surface area contributed by atoms with Crippen molar-refractivity contribution in [3.63, 3.8) is 0 Å². The first-order valence-corrected chi connectivity index (χ1v) is 7.76. The molecule has 0 fully saturated rings. The second-order valence-electron chi connectivity index (χ2n) is 5.24. The molecule has 0 aliphatic rings. The third-order valence-corrected chi connectivity index (χ3v) is 4.02. The maximum Gasteiger partial charge on any atom is 0.336 e. The molecule has 1 aromatic heterocycles. The van der Waals surface area contributed by atoms with Gasteiger partial charge in [-0.25, -0.2) is 4.79 Å². The predicted octanol–water partition coefficient (Wildman–Crippen LogP) is 0.725. The van der Waals surface area contributed by atoms with Crippen LogP contribution in [0.4, 0.5) is 0 Å². The van der Waals surface area contributed by atoms with Crippen LogP contribution >= 0.6 is 15.9 Å². The van der Waals surface area contributed by atoms with E-state index in [2.05, 4.69) is 15.9 Å². The van der Waals surface area contributed by atoms with Crippen LogP contribution in [0.2, 0.25) is 0 Å². The molecule has 0 radical (unpaired) electrons. The lowest BCUT2D eigenvalue weighted by molar-refractivity contribution is -0.142. The summed E-state index contributed by atoms with van der Waals surface area (Å²) in [5, 5.41) is 37.9. The average molecular weight is 416 g/mol. The van der Waals surface area contributed by atoms with Crippen molar-refractivity contribution in [2.75, 3.05) is 13.1 Å². The molecular weight excluding hydrogens is 402 g/mol. The number of aliphatic hydroxyl groups is 1. The molecule has 1 aromatic carbocycles. The number of benzene rings is 1. The number of phenols is 1. The molecule has 4 N–H and O–H groups in total. The number of aliphatic hydroxyl groups excluding tert-OH is 1. The van der Waals surface area contributed by atoms with Gasteiger partial charge in [0.15, 0.2) is 0 Å². The van der Waals surface area contributed by atoms with Gasteiger partial charge in [0.1, 0.15) is 11.3 Å².